The van der Waals surface area contributed by atoms with Gasteiger partial charge < -0.3 is 0 Å². The molecule has 0 radical (unpaired) electrons. The fraction of sp³-hybridized carbons (Fsp3) is 1.00. The Morgan fingerprint density at radius 3 is 2.69 bits per heavy atom. The summed E-state index contributed by atoms with van der Waals surface area (Å²) in [5.74, 6) is 0. The van der Waals surface area contributed by atoms with E-state index in [1.54, 1.807) is 0 Å². The summed E-state index contributed by atoms with van der Waals surface area (Å²) in [4.78, 5) is 8.88. The van der Waals surface area contributed by atoms with Crippen molar-refractivity contribution in [2.75, 3.05) is 13.7 Å². The van der Waals surface area contributed by atoms with Crippen LogP contribution < -0.4 is 0 Å². The SMILES string of the molecule is B=NO[P@](=O)(O)OC[C@H](CC)OC. The summed E-state index contributed by atoms with van der Waals surface area (Å²) in [6, 6.07) is 0. The molecule has 0 aromatic heterocycles. The van der Waals surface area contributed by atoms with Crippen molar-refractivity contribution in [1.29, 1.82) is 0 Å². The molecule has 0 spiro atoms. The molecule has 0 unspecified atom stereocenters. The van der Waals surface area contributed by atoms with Crippen LogP contribution in [0, 0.1) is 0 Å². The second kappa shape index (κ2) is 6.26. The summed E-state index contributed by atoms with van der Waals surface area (Å²) in [6.07, 6.45) is 0.451. The van der Waals surface area contributed by atoms with E-state index in [9.17, 15) is 4.57 Å². The molecule has 0 aliphatic heterocycles. The Balaban J connectivity index is 3.85. The van der Waals surface area contributed by atoms with E-state index in [-0.39, 0.29) is 12.7 Å². The van der Waals surface area contributed by atoms with Crippen molar-refractivity contribution in [3.63, 3.8) is 0 Å². The molecule has 0 saturated carbocycles. The van der Waals surface area contributed by atoms with Crippen molar-refractivity contribution in [3.8, 4) is 0 Å². The van der Waals surface area contributed by atoms with Gasteiger partial charge in [-0.05, 0) is 0 Å². The van der Waals surface area contributed by atoms with Gasteiger partial charge in [-0.2, -0.15) is 0 Å². The van der Waals surface area contributed by atoms with Gasteiger partial charge in [0.1, 0.15) is 0 Å². The summed E-state index contributed by atoms with van der Waals surface area (Å²) in [6.45, 7) is 1.85. The van der Waals surface area contributed by atoms with Gasteiger partial charge in [-0.3, -0.25) is 0 Å². The van der Waals surface area contributed by atoms with Crippen molar-refractivity contribution in [3.05, 3.63) is 0 Å². The molecular weight excluding hydrogens is 196 g/mol. The molecule has 0 aromatic rings. The van der Waals surface area contributed by atoms with Gasteiger partial charge in [-0.1, -0.05) is 0 Å². The fourth-order valence-electron chi connectivity index (χ4n) is 0.626. The molecule has 0 saturated heterocycles. The maximum absolute atomic E-state index is 10.9. The number of phosphoric ester groups is 1. The number of rotatable bonds is 7. The standard InChI is InChI=1S/C5H13BNO5P/c1-3-5(10-2)4-11-13(8,9)12-7-6/h5-6H,3-4H2,1-2H3,(H,8,9)/t5-/m0/s1. The summed E-state index contributed by atoms with van der Waals surface area (Å²) < 4.78 is 24.3. The molecule has 0 aliphatic rings. The van der Waals surface area contributed by atoms with E-state index in [2.05, 4.69) is 21.8 Å². The molecule has 1 N–H and O–H groups in total. The monoisotopic (exact) mass is 209 g/mol. The number of ether oxygens (including phenoxy) is 1. The van der Waals surface area contributed by atoms with Gasteiger partial charge in [0.25, 0.3) is 0 Å². The molecule has 13 heavy (non-hydrogen) atoms. The predicted molar refractivity (Wildman–Crippen MR) is 47.5 cm³/mol. The first-order valence-corrected chi connectivity index (χ1v) is 5.20. The Morgan fingerprint density at radius 1 is 1.69 bits per heavy atom. The number of phosphoric acid groups is 1. The van der Waals surface area contributed by atoms with Gasteiger partial charge in [0.15, 0.2) is 0 Å². The quantitative estimate of drug-likeness (QED) is 0.376. The van der Waals surface area contributed by atoms with E-state index >= 15 is 0 Å². The zero-order valence-corrected chi connectivity index (χ0v) is 8.57. The minimum absolute atomic E-state index is 0.0176. The van der Waals surface area contributed by atoms with Gasteiger partial charge in [-0.15, -0.1) is 0 Å². The molecule has 0 bridgehead atoms. The Hall–Kier alpha value is -0.225. The Morgan fingerprint density at radius 2 is 2.31 bits per heavy atom. The van der Waals surface area contributed by atoms with Crippen molar-refractivity contribution in [2.24, 2.45) is 5.06 Å². The molecule has 0 amide bonds. The second-order valence-electron chi connectivity index (χ2n) is 2.24. The minimum atomic E-state index is -4.08. The summed E-state index contributed by atoms with van der Waals surface area (Å²) in [7, 11) is 0.308. The van der Waals surface area contributed by atoms with Crippen LogP contribution in [0.5, 0.6) is 0 Å². The van der Waals surface area contributed by atoms with Crippen molar-refractivity contribution in [1.82, 2.24) is 0 Å². The predicted octanol–water partition coefficient (Wildman–Crippen LogP) is 0.544. The van der Waals surface area contributed by atoms with Gasteiger partial charge in [-0.25, -0.2) is 0 Å². The van der Waals surface area contributed by atoms with Crippen LogP contribution in [0.4, 0.5) is 0 Å². The van der Waals surface area contributed by atoms with Crippen LogP contribution in [-0.4, -0.2) is 32.4 Å². The van der Waals surface area contributed by atoms with E-state index in [0.29, 0.717) is 6.42 Å². The maximum atomic E-state index is 10.9. The van der Waals surface area contributed by atoms with E-state index in [4.69, 9.17) is 9.63 Å². The van der Waals surface area contributed by atoms with Crippen LogP contribution in [0.1, 0.15) is 13.3 Å². The van der Waals surface area contributed by atoms with Crippen LogP contribution in [0.25, 0.3) is 0 Å². The van der Waals surface area contributed by atoms with E-state index in [1.165, 1.54) is 7.11 Å². The van der Waals surface area contributed by atoms with Gasteiger partial charge in [0.2, 0.25) is 0 Å². The number of hydrogen-bond donors (Lipinski definition) is 1. The molecule has 76 valence electrons. The first-order valence-electron chi connectivity index (χ1n) is 3.70. The second-order valence-corrected chi connectivity index (χ2v) is 3.60. The van der Waals surface area contributed by atoms with E-state index in [0.717, 1.165) is 0 Å². The molecule has 0 rings (SSSR count). The molecule has 0 aliphatic carbocycles. The van der Waals surface area contributed by atoms with Gasteiger partial charge in [0.05, 0.1) is 0 Å². The third-order valence-electron chi connectivity index (χ3n) is 1.37. The Kier molecular flexibility index (Phi) is 6.15. The molecule has 8 heteroatoms. The van der Waals surface area contributed by atoms with Crippen molar-refractivity contribution >= 4 is 15.5 Å². The van der Waals surface area contributed by atoms with Crippen molar-refractivity contribution in [2.45, 2.75) is 19.4 Å². The Bertz CT molecular complexity index is 197. The number of methoxy groups -OCH3 is 1. The summed E-state index contributed by atoms with van der Waals surface area (Å²) >= 11 is 0. The summed E-state index contributed by atoms with van der Waals surface area (Å²) in [5, 5.41) is 2.81. The number of nitrogens with zero attached hydrogens (tertiary/aromatic N) is 1. The first kappa shape index (κ1) is 12.8. The normalized spacial score (nSPS) is 17.4. The van der Waals surface area contributed by atoms with Crippen LogP contribution in [0.15, 0.2) is 5.06 Å². The van der Waals surface area contributed by atoms with Gasteiger partial charge in [0, 0.05) is 0 Å². The molecule has 2 atom stereocenters. The fourth-order valence-corrected chi connectivity index (χ4v) is 1.17. The molecule has 6 nitrogen and oxygen atoms in total. The molecule has 0 heterocycles. The van der Waals surface area contributed by atoms with E-state index < -0.39 is 7.82 Å². The van der Waals surface area contributed by atoms with Crippen molar-refractivity contribution < 1.29 is 23.3 Å². The Labute approximate surface area is 77.9 Å². The van der Waals surface area contributed by atoms with Crippen LogP contribution in [-0.2, 0) is 18.5 Å². The zero-order chi connectivity index (χ0) is 10.3. The van der Waals surface area contributed by atoms with Gasteiger partial charge >= 0.3 is 77.0 Å². The average molecular weight is 209 g/mol. The third-order valence-corrected chi connectivity index (χ3v) is 2.17. The van der Waals surface area contributed by atoms with Crippen LogP contribution >= 0.6 is 7.82 Å². The number of hydrogen-bond acceptors (Lipinski definition) is 5. The topological polar surface area (TPSA) is 77.4 Å². The average Bonchev–Trinajstić information content (AvgIpc) is 2.06. The summed E-state index contributed by atoms with van der Waals surface area (Å²) in [5.41, 5.74) is 0. The van der Waals surface area contributed by atoms with Crippen LogP contribution in [0.2, 0.25) is 0 Å². The van der Waals surface area contributed by atoms with E-state index in [1.807, 2.05) is 6.92 Å². The first-order chi connectivity index (χ1) is 6.05. The molecule has 0 aromatic carbocycles. The molecule has 0 fully saturated rings. The molecular formula is C5H13BNO5P. The third kappa shape index (κ3) is 5.93. The zero-order valence-electron chi connectivity index (χ0n) is 7.67. The van der Waals surface area contributed by atoms with Crippen LogP contribution in [0.3, 0.4) is 0 Å².